The van der Waals surface area contributed by atoms with E-state index >= 15 is 0 Å². The first-order chi connectivity index (χ1) is 9.69. The Bertz CT molecular complexity index is 383. The molecule has 0 amide bonds. The molecule has 1 aromatic heterocycles. The second-order valence-electron chi connectivity index (χ2n) is 6.44. The molecule has 0 bridgehead atoms. The van der Waals surface area contributed by atoms with Gasteiger partial charge in [0.1, 0.15) is 0 Å². The van der Waals surface area contributed by atoms with E-state index < -0.39 is 0 Å². The van der Waals surface area contributed by atoms with E-state index in [4.69, 9.17) is 16.7 Å². The zero-order valence-electron chi connectivity index (χ0n) is 12.8. The third-order valence-corrected chi connectivity index (χ3v) is 4.50. The zero-order chi connectivity index (χ0) is 14.4. The molecule has 1 aliphatic carbocycles. The SMILES string of the molecule is CC(C)CC(CCl)NCc1ccn(C2CCCCC2)n1. The molecule has 0 spiro atoms. The van der Waals surface area contributed by atoms with Crippen molar-refractivity contribution in [1.29, 1.82) is 0 Å². The summed E-state index contributed by atoms with van der Waals surface area (Å²) in [7, 11) is 0. The van der Waals surface area contributed by atoms with Crippen molar-refractivity contribution in [2.24, 2.45) is 5.92 Å². The summed E-state index contributed by atoms with van der Waals surface area (Å²) in [6, 6.07) is 3.15. The fourth-order valence-electron chi connectivity index (χ4n) is 3.04. The van der Waals surface area contributed by atoms with Crippen LogP contribution < -0.4 is 5.32 Å². The highest BCUT2D eigenvalue weighted by Crippen LogP contribution is 2.27. The molecular formula is C16H28ClN3. The van der Waals surface area contributed by atoms with Crippen LogP contribution in [0.15, 0.2) is 12.3 Å². The molecule has 0 saturated heterocycles. The lowest BCUT2D eigenvalue weighted by molar-refractivity contribution is 0.327. The standard InChI is InChI=1S/C16H28ClN3/c1-13(2)10-15(11-17)18-12-14-8-9-20(19-14)16-6-4-3-5-7-16/h8-9,13,15-16,18H,3-7,10-12H2,1-2H3. The number of alkyl halides is 1. The summed E-state index contributed by atoms with van der Waals surface area (Å²) >= 11 is 6.02. The summed E-state index contributed by atoms with van der Waals surface area (Å²) < 4.78 is 2.17. The number of hydrogen-bond acceptors (Lipinski definition) is 2. The van der Waals surface area contributed by atoms with Crippen LogP contribution in [0.3, 0.4) is 0 Å². The lowest BCUT2D eigenvalue weighted by Gasteiger charge is -2.22. The minimum absolute atomic E-state index is 0.386. The molecule has 0 radical (unpaired) electrons. The first kappa shape index (κ1) is 15.8. The van der Waals surface area contributed by atoms with Crippen molar-refractivity contribution in [1.82, 2.24) is 15.1 Å². The average molecular weight is 298 g/mol. The van der Waals surface area contributed by atoms with Gasteiger partial charge in [0.2, 0.25) is 0 Å². The van der Waals surface area contributed by atoms with Gasteiger partial charge >= 0.3 is 0 Å². The molecule has 4 heteroatoms. The number of nitrogens with one attached hydrogen (secondary N) is 1. The number of halogens is 1. The van der Waals surface area contributed by atoms with Gasteiger partial charge in [-0.15, -0.1) is 11.6 Å². The van der Waals surface area contributed by atoms with Crippen LogP contribution in [-0.2, 0) is 6.54 Å². The predicted octanol–water partition coefficient (Wildman–Crippen LogP) is 4.13. The Morgan fingerprint density at radius 3 is 2.75 bits per heavy atom. The Morgan fingerprint density at radius 2 is 2.10 bits per heavy atom. The van der Waals surface area contributed by atoms with Crippen LogP contribution in [-0.4, -0.2) is 21.7 Å². The molecule has 3 nitrogen and oxygen atoms in total. The summed E-state index contributed by atoms with van der Waals surface area (Å²) in [5.41, 5.74) is 1.13. The van der Waals surface area contributed by atoms with Gasteiger partial charge in [-0.3, -0.25) is 4.68 Å². The molecule has 1 unspecified atom stereocenters. The fourth-order valence-corrected chi connectivity index (χ4v) is 3.27. The Labute approximate surface area is 128 Å². The van der Waals surface area contributed by atoms with Crippen LogP contribution in [0.4, 0.5) is 0 Å². The molecule has 1 aromatic rings. The van der Waals surface area contributed by atoms with Gasteiger partial charge in [0.25, 0.3) is 0 Å². The molecule has 1 fully saturated rings. The number of aromatic nitrogens is 2. The molecule has 1 atom stereocenters. The maximum absolute atomic E-state index is 6.02. The number of nitrogens with zero attached hydrogens (tertiary/aromatic N) is 2. The topological polar surface area (TPSA) is 29.9 Å². The molecule has 1 aliphatic rings. The lowest BCUT2D eigenvalue weighted by Crippen LogP contribution is -2.31. The Morgan fingerprint density at radius 1 is 1.35 bits per heavy atom. The van der Waals surface area contributed by atoms with Crippen LogP contribution in [0.25, 0.3) is 0 Å². The van der Waals surface area contributed by atoms with Crippen molar-refractivity contribution in [2.75, 3.05) is 5.88 Å². The summed E-state index contributed by atoms with van der Waals surface area (Å²) in [5.74, 6) is 1.34. The van der Waals surface area contributed by atoms with E-state index in [0.717, 1.165) is 18.7 Å². The Hall–Kier alpha value is -0.540. The van der Waals surface area contributed by atoms with Crippen molar-refractivity contribution < 1.29 is 0 Å². The molecule has 1 heterocycles. The highest BCUT2D eigenvalue weighted by Gasteiger charge is 2.16. The quantitative estimate of drug-likeness (QED) is 0.767. The van der Waals surface area contributed by atoms with Crippen LogP contribution in [0, 0.1) is 5.92 Å². The summed E-state index contributed by atoms with van der Waals surface area (Å²) in [4.78, 5) is 0. The van der Waals surface area contributed by atoms with Gasteiger partial charge < -0.3 is 5.32 Å². The molecule has 20 heavy (non-hydrogen) atoms. The highest BCUT2D eigenvalue weighted by atomic mass is 35.5. The highest BCUT2D eigenvalue weighted by molar-refractivity contribution is 6.18. The monoisotopic (exact) mass is 297 g/mol. The minimum atomic E-state index is 0.386. The molecule has 0 aliphatic heterocycles. The molecule has 0 aromatic carbocycles. The van der Waals surface area contributed by atoms with Crippen LogP contribution in [0.5, 0.6) is 0 Å². The van der Waals surface area contributed by atoms with E-state index in [-0.39, 0.29) is 0 Å². The van der Waals surface area contributed by atoms with Crippen molar-refractivity contribution in [3.63, 3.8) is 0 Å². The van der Waals surface area contributed by atoms with Crippen LogP contribution in [0.2, 0.25) is 0 Å². The summed E-state index contributed by atoms with van der Waals surface area (Å²) in [6.45, 7) is 5.29. The lowest BCUT2D eigenvalue weighted by atomic mass is 9.96. The maximum atomic E-state index is 6.02. The minimum Gasteiger partial charge on any atom is -0.307 e. The third kappa shape index (κ3) is 4.78. The molecular weight excluding hydrogens is 270 g/mol. The molecule has 114 valence electrons. The van der Waals surface area contributed by atoms with E-state index in [9.17, 15) is 0 Å². The van der Waals surface area contributed by atoms with Gasteiger partial charge in [-0.1, -0.05) is 33.1 Å². The van der Waals surface area contributed by atoms with Gasteiger partial charge in [0, 0.05) is 24.7 Å². The van der Waals surface area contributed by atoms with Gasteiger partial charge in [-0.2, -0.15) is 5.10 Å². The Balaban J connectivity index is 1.82. The normalized spacial score (nSPS) is 18.6. The largest absolute Gasteiger partial charge is 0.307 e. The number of rotatable bonds is 7. The van der Waals surface area contributed by atoms with Crippen molar-refractivity contribution in [3.8, 4) is 0 Å². The third-order valence-electron chi connectivity index (χ3n) is 4.13. The Kier molecular flexibility index (Phi) is 6.37. The smallest absolute Gasteiger partial charge is 0.0762 e. The van der Waals surface area contributed by atoms with E-state index in [1.807, 2.05) is 0 Å². The van der Waals surface area contributed by atoms with Crippen LogP contribution >= 0.6 is 11.6 Å². The van der Waals surface area contributed by atoms with Gasteiger partial charge in [-0.05, 0) is 31.2 Å². The molecule has 1 saturated carbocycles. The first-order valence-electron chi connectivity index (χ1n) is 8.02. The second kappa shape index (κ2) is 8.04. The first-order valence-corrected chi connectivity index (χ1v) is 8.56. The van der Waals surface area contributed by atoms with Crippen LogP contribution in [0.1, 0.15) is 64.1 Å². The summed E-state index contributed by atoms with van der Waals surface area (Å²) in [6.07, 6.45) is 9.91. The molecule has 2 rings (SSSR count). The van der Waals surface area contributed by atoms with E-state index in [2.05, 4.69) is 36.1 Å². The van der Waals surface area contributed by atoms with Gasteiger partial charge in [-0.25, -0.2) is 0 Å². The van der Waals surface area contributed by atoms with Gasteiger partial charge in [0.05, 0.1) is 11.7 Å². The van der Waals surface area contributed by atoms with Crippen molar-refractivity contribution in [2.45, 2.75) is 71.0 Å². The predicted molar refractivity (Wildman–Crippen MR) is 85.2 cm³/mol. The fraction of sp³-hybridized carbons (Fsp3) is 0.812. The maximum Gasteiger partial charge on any atom is 0.0762 e. The summed E-state index contributed by atoms with van der Waals surface area (Å²) in [5, 5.41) is 8.26. The van der Waals surface area contributed by atoms with E-state index in [0.29, 0.717) is 23.9 Å². The van der Waals surface area contributed by atoms with Crippen molar-refractivity contribution in [3.05, 3.63) is 18.0 Å². The van der Waals surface area contributed by atoms with E-state index in [1.54, 1.807) is 0 Å². The second-order valence-corrected chi connectivity index (χ2v) is 6.75. The zero-order valence-corrected chi connectivity index (χ0v) is 13.6. The van der Waals surface area contributed by atoms with Crippen molar-refractivity contribution >= 4 is 11.6 Å². The van der Waals surface area contributed by atoms with E-state index in [1.165, 1.54) is 32.1 Å². The van der Waals surface area contributed by atoms with Gasteiger partial charge in [0.15, 0.2) is 0 Å². The number of hydrogen-bond donors (Lipinski definition) is 1. The molecule has 1 N–H and O–H groups in total. The average Bonchev–Trinajstić information content (AvgIpc) is 2.93.